The number of rotatable bonds is 6. The van der Waals surface area contributed by atoms with Crippen molar-refractivity contribution in [3.05, 3.63) is 20.8 Å². The average Bonchev–Trinajstić information content (AvgIpc) is 2.94. The number of nitrogens with one attached hydrogen (secondary N) is 1. The molecule has 2 heterocycles. The van der Waals surface area contributed by atoms with Crippen LogP contribution in [0.2, 0.25) is 0 Å². The minimum Gasteiger partial charge on any atom is -0.374 e. The predicted octanol–water partition coefficient (Wildman–Crippen LogP) is 3.99. The summed E-state index contributed by atoms with van der Waals surface area (Å²) in [6, 6.07) is 4.77. The molecule has 0 spiro atoms. The van der Waals surface area contributed by atoms with E-state index in [4.69, 9.17) is 4.74 Å². The topological polar surface area (TPSA) is 21.3 Å². The van der Waals surface area contributed by atoms with Gasteiger partial charge in [0, 0.05) is 17.5 Å². The fraction of sp³-hybridized carbons (Fsp3) is 0.714. The zero-order valence-electron chi connectivity index (χ0n) is 11.2. The highest BCUT2D eigenvalue weighted by atomic mass is 79.9. The summed E-state index contributed by atoms with van der Waals surface area (Å²) >= 11 is 5.37. The molecule has 0 radical (unpaired) electrons. The summed E-state index contributed by atoms with van der Waals surface area (Å²) < 4.78 is 7.22. The Morgan fingerprint density at radius 1 is 1.56 bits per heavy atom. The minimum absolute atomic E-state index is 0.00559. The normalized spacial score (nSPS) is 25.5. The molecule has 2 nitrogen and oxygen atoms in total. The van der Waals surface area contributed by atoms with Crippen molar-refractivity contribution in [2.75, 3.05) is 13.2 Å². The van der Waals surface area contributed by atoms with Gasteiger partial charge in [0.2, 0.25) is 0 Å². The first kappa shape index (κ1) is 14.5. The lowest BCUT2D eigenvalue weighted by Crippen LogP contribution is -2.50. The zero-order valence-corrected chi connectivity index (χ0v) is 13.6. The van der Waals surface area contributed by atoms with Crippen LogP contribution in [0.15, 0.2) is 15.9 Å². The van der Waals surface area contributed by atoms with E-state index in [1.54, 1.807) is 0 Å². The first-order valence-corrected chi connectivity index (χ1v) is 8.36. The summed E-state index contributed by atoms with van der Waals surface area (Å²) in [4.78, 5) is 1.42. The van der Waals surface area contributed by atoms with Crippen molar-refractivity contribution in [1.29, 1.82) is 0 Å². The van der Waals surface area contributed by atoms with Crippen LogP contribution in [0.5, 0.6) is 0 Å². The first-order valence-electron chi connectivity index (χ1n) is 6.75. The molecule has 0 aromatic carbocycles. The number of thiophene rings is 1. The van der Waals surface area contributed by atoms with Gasteiger partial charge in [-0.25, -0.2) is 0 Å². The molecule has 1 aromatic rings. The van der Waals surface area contributed by atoms with Crippen LogP contribution in [0.3, 0.4) is 0 Å². The highest BCUT2D eigenvalue weighted by Crippen LogP contribution is 2.32. The Hall–Kier alpha value is 0.1000. The molecule has 2 atom stereocenters. The third kappa shape index (κ3) is 3.56. The molecule has 1 aromatic heterocycles. The van der Waals surface area contributed by atoms with Crippen molar-refractivity contribution < 1.29 is 4.74 Å². The summed E-state index contributed by atoms with van der Waals surface area (Å²) in [5.41, 5.74) is 0.00559. The van der Waals surface area contributed by atoms with Crippen LogP contribution in [-0.2, 0) is 11.2 Å². The summed E-state index contributed by atoms with van der Waals surface area (Å²) in [6.07, 6.45) is 4.59. The molecular weight excluding hydrogens is 310 g/mol. The van der Waals surface area contributed by atoms with Gasteiger partial charge < -0.3 is 10.1 Å². The minimum atomic E-state index is 0.00559. The van der Waals surface area contributed by atoms with Crippen LogP contribution >= 0.6 is 27.3 Å². The van der Waals surface area contributed by atoms with E-state index in [1.807, 2.05) is 11.3 Å². The van der Waals surface area contributed by atoms with Gasteiger partial charge in [0.25, 0.3) is 0 Å². The molecule has 2 unspecified atom stereocenters. The van der Waals surface area contributed by atoms with E-state index in [-0.39, 0.29) is 5.60 Å². The van der Waals surface area contributed by atoms with E-state index in [2.05, 4.69) is 47.2 Å². The Balaban J connectivity index is 2.04. The fourth-order valence-corrected chi connectivity index (χ4v) is 4.09. The van der Waals surface area contributed by atoms with Gasteiger partial charge in [0.15, 0.2) is 0 Å². The smallest absolute Gasteiger partial charge is 0.0811 e. The Kier molecular flexibility index (Phi) is 5.24. The van der Waals surface area contributed by atoms with Crippen molar-refractivity contribution >= 4 is 27.3 Å². The maximum Gasteiger partial charge on any atom is 0.0811 e. The lowest BCUT2D eigenvalue weighted by Gasteiger charge is -2.34. The molecule has 1 aliphatic heterocycles. The van der Waals surface area contributed by atoms with Crippen LogP contribution in [0.4, 0.5) is 0 Å². The Morgan fingerprint density at radius 2 is 2.39 bits per heavy atom. The van der Waals surface area contributed by atoms with Crippen molar-refractivity contribution in [2.24, 2.45) is 0 Å². The maximum atomic E-state index is 6.01. The van der Waals surface area contributed by atoms with Crippen LogP contribution in [0.25, 0.3) is 0 Å². The van der Waals surface area contributed by atoms with Crippen molar-refractivity contribution in [3.63, 3.8) is 0 Å². The van der Waals surface area contributed by atoms with E-state index in [1.165, 1.54) is 27.9 Å². The molecule has 0 bridgehead atoms. The van der Waals surface area contributed by atoms with Gasteiger partial charge in [0.1, 0.15) is 0 Å². The second kappa shape index (κ2) is 6.51. The van der Waals surface area contributed by atoms with Crippen LogP contribution in [0, 0.1) is 0 Å². The summed E-state index contributed by atoms with van der Waals surface area (Å²) in [7, 11) is 0. The molecule has 1 fully saturated rings. The number of ether oxygens (including phenoxy) is 1. The molecule has 0 saturated carbocycles. The summed E-state index contributed by atoms with van der Waals surface area (Å²) in [6.45, 7) is 6.45. The number of halogens is 1. The van der Waals surface area contributed by atoms with Gasteiger partial charge in [-0.1, -0.05) is 6.92 Å². The lowest BCUT2D eigenvalue weighted by atomic mass is 9.90. The SMILES string of the molecule is CCCNC(Cc1ccc(Br)s1)C1(C)CCCO1. The van der Waals surface area contributed by atoms with Crippen molar-refractivity contribution in [3.8, 4) is 0 Å². The molecule has 4 heteroatoms. The van der Waals surface area contributed by atoms with Crippen LogP contribution < -0.4 is 5.32 Å². The lowest BCUT2D eigenvalue weighted by molar-refractivity contribution is -0.0112. The van der Waals surface area contributed by atoms with Crippen molar-refractivity contribution in [1.82, 2.24) is 5.32 Å². The molecule has 18 heavy (non-hydrogen) atoms. The molecule has 1 N–H and O–H groups in total. The Morgan fingerprint density at radius 3 is 2.94 bits per heavy atom. The molecule has 2 rings (SSSR count). The second-order valence-electron chi connectivity index (χ2n) is 5.18. The third-order valence-electron chi connectivity index (χ3n) is 3.66. The number of hydrogen-bond donors (Lipinski definition) is 1. The van der Waals surface area contributed by atoms with Crippen LogP contribution in [0.1, 0.15) is 38.0 Å². The molecular formula is C14H22BrNOS. The fourth-order valence-electron chi connectivity index (χ4n) is 2.56. The monoisotopic (exact) mass is 331 g/mol. The highest BCUT2D eigenvalue weighted by Gasteiger charge is 2.38. The van der Waals surface area contributed by atoms with E-state index in [9.17, 15) is 0 Å². The predicted molar refractivity (Wildman–Crippen MR) is 81.4 cm³/mol. The molecule has 0 aliphatic carbocycles. The first-order chi connectivity index (χ1) is 8.64. The van der Waals surface area contributed by atoms with Crippen LogP contribution in [-0.4, -0.2) is 24.8 Å². The molecule has 0 amide bonds. The third-order valence-corrected chi connectivity index (χ3v) is 5.31. The largest absolute Gasteiger partial charge is 0.374 e. The van der Waals surface area contributed by atoms with Gasteiger partial charge in [-0.2, -0.15) is 0 Å². The van der Waals surface area contributed by atoms with E-state index in [0.717, 1.165) is 19.6 Å². The quantitative estimate of drug-likeness (QED) is 0.850. The Bertz CT molecular complexity index is 374. The van der Waals surface area contributed by atoms with Gasteiger partial charge in [-0.05, 0) is 67.2 Å². The zero-order chi connectivity index (χ0) is 13.0. The van der Waals surface area contributed by atoms with Gasteiger partial charge in [-0.3, -0.25) is 0 Å². The summed E-state index contributed by atoms with van der Waals surface area (Å²) in [5, 5.41) is 3.68. The highest BCUT2D eigenvalue weighted by molar-refractivity contribution is 9.11. The van der Waals surface area contributed by atoms with Gasteiger partial charge in [0.05, 0.1) is 9.39 Å². The van der Waals surface area contributed by atoms with Gasteiger partial charge in [-0.15, -0.1) is 11.3 Å². The molecule has 102 valence electrons. The number of hydrogen-bond acceptors (Lipinski definition) is 3. The standard InChI is InChI=1S/C14H22BrNOS/c1-3-8-16-12(14(2)7-4-9-17-14)10-11-5-6-13(15)18-11/h5-6,12,16H,3-4,7-10H2,1-2H3. The van der Waals surface area contributed by atoms with E-state index in [0.29, 0.717) is 6.04 Å². The molecule has 1 aliphatic rings. The average molecular weight is 332 g/mol. The molecule has 1 saturated heterocycles. The van der Waals surface area contributed by atoms with E-state index >= 15 is 0 Å². The Labute approximate surface area is 122 Å². The summed E-state index contributed by atoms with van der Waals surface area (Å²) in [5.74, 6) is 0. The maximum absolute atomic E-state index is 6.01. The van der Waals surface area contributed by atoms with Crippen molar-refractivity contribution in [2.45, 2.75) is 51.2 Å². The van der Waals surface area contributed by atoms with E-state index < -0.39 is 0 Å². The second-order valence-corrected chi connectivity index (χ2v) is 7.73. The van der Waals surface area contributed by atoms with Gasteiger partial charge >= 0.3 is 0 Å².